The third-order valence-corrected chi connectivity index (χ3v) is 0.813. The highest BCUT2D eigenvalue weighted by Gasteiger charge is 1.89. The molecule has 0 aliphatic heterocycles. The van der Waals surface area contributed by atoms with Crippen LogP contribution in [0.25, 0.3) is 0 Å². The highest BCUT2D eigenvalue weighted by molar-refractivity contribution is 4.39. The van der Waals surface area contributed by atoms with Crippen molar-refractivity contribution in [1.29, 1.82) is 0 Å². The molecule has 7 heavy (non-hydrogen) atoms. The first-order valence-electron chi connectivity index (χ1n) is 2.59. The Hall–Kier alpha value is -0.0800. The molecule has 0 fully saturated rings. The van der Waals surface area contributed by atoms with Crippen molar-refractivity contribution in [3.8, 4) is 0 Å². The lowest BCUT2D eigenvalue weighted by atomic mass is 10.1. The molecule has 0 saturated carbocycles. The van der Waals surface area contributed by atoms with Gasteiger partial charge in [-0.05, 0) is 12.3 Å². The molecule has 2 heteroatoms. The molecule has 44 valence electrons. The Labute approximate surface area is 44.6 Å². The molecule has 0 amide bonds. The van der Waals surface area contributed by atoms with Gasteiger partial charge in [0.2, 0.25) is 0 Å². The Kier molecular flexibility index (Phi) is 4.04. The topological polar surface area (TPSA) is 35.2 Å². The van der Waals surface area contributed by atoms with Crippen LogP contribution in [-0.2, 0) is 4.84 Å². The summed E-state index contributed by atoms with van der Waals surface area (Å²) in [5, 5.41) is 0. The molecule has 0 unspecified atom stereocenters. The second-order valence-electron chi connectivity index (χ2n) is 2.05. The van der Waals surface area contributed by atoms with Crippen LogP contribution in [0.2, 0.25) is 0 Å². The van der Waals surface area contributed by atoms with Gasteiger partial charge >= 0.3 is 0 Å². The summed E-state index contributed by atoms with van der Waals surface area (Å²) in [6.07, 6.45) is 1.05. The lowest BCUT2D eigenvalue weighted by Crippen LogP contribution is -2.03. The summed E-state index contributed by atoms with van der Waals surface area (Å²) >= 11 is 0. The fourth-order valence-corrected chi connectivity index (χ4v) is 0.304. The first kappa shape index (κ1) is 6.92. The van der Waals surface area contributed by atoms with Crippen LogP contribution in [0.15, 0.2) is 0 Å². The van der Waals surface area contributed by atoms with E-state index in [2.05, 4.69) is 18.7 Å². The van der Waals surface area contributed by atoms with E-state index in [0.29, 0.717) is 12.5 Å². The molecule has 0 rings (SSSR count). The van der Waals surface area contributed by atoms with Crippen molar-refractivity contribution in [2.45, 2.75) is 20.3 Å². The van der Waals surface area contributed by atoms with Crippen LogP contribution in [0.5, 0.6) is 0 Å². The van der Waals surface area contributed by atoms with E-state index in [4.69, 9.17) is 5.90 Å². The van der Waals surface area contributed by atoms with Gasteiger partial charge in [0, 0.05) is 0 Å². The normalized spacial score (nSPS) is 10.3. The van der Waals surface area contributed by atoms with Crippen molar-refractivity contribution in [3.63, 3.8) is 0 Å². The largest absolute Gasteiger partial charge is 0.305 e. The molecule has 0 aliphatic carbocycles. The predicted octanol–water partition coefficient (Wildman–Crippen LogP) is 0.923. The molecule has 0 heterocycles. The van der Waals surface area contributed by atoms with Crippen LogP contribution < -0.4 is 5.90 Å². The Bertz CT molecular complexity index is 37.1. The molecule has 2 N–H and O–H groups in total. The molecule has 0 aromatic rings. The quantitative estimate of drug-likeness (QED) is 0.539. The van der Waals surface area contributed by atoms with Gasteiger partial charge in [-0.3, -0.25) is 0 Å². The molecular formula is C5H13NO. The molecule has 2 nitrogen and oxygen atoms in total. The van der Waals surface area contributed by atoms with E-state index in [9.17, 15) is 0 Å². The summed E-state index contributed by atoms with van der Waals surface area (Å²) in [7, 11) is 0. The third kappa shape index (κ3) is 5.92. The zero-order valence-electron chi connectivity index (χ0n) is 4.98. The van der Waals surface area contributed by atoms with Gasteiger partial charge in [-0.1, -0.05) is 13.8 Å². The second-order valence-corrected chi connectivity index (χ2v) is 2.05. The summed E-state index contributed by atoms with van der Waals surface area (Å²) in [4.78, 5) is 4.35. The molecule has 0 bridgehead atoms. The van der Waals surface area contributed by atoms with Crippen molar-refractivity contribution in [1.82, 2.24) is 0 Å². The molecule has 0 spiro atoms. The summed E-state index contributed by atoms with van der Waals surface area (Å²) in [5.41, 5.74) is 0. The highest BCUT2D eigenvalue weighted by Crippen LogP contribution is 1.96. The van der Waals surface area contributed by atoms with E-state index in [1.807, 2.05) is 0 Å². The molecule has 0 aromatic carbocycles. The van der Waals surface area contributed by atoms with Gasteiger partial charge in [-0.25, -0.2) is 5.90 Å². The maximum Gasteiger partial charge on any atom is 0.0681 e. The summed E-state index contributed by atoms with van der Waals surface area (Å²) in [6.45, 7) is 4.95. The Balaban J connectivity index is 2.68. The number of rotatable bonds is 3. The highest BCUT2D eigenvalue weighted by atomic mass is 16.6. The lowest BCUT2D eigenvalue weighted by Gasteiger charge is -1.99. The van der Waals surface area contributed by atoms with Gasteiger partial charge in [0.05, 0.1) is 6.61 Å². The lowest BCUT2D eigenvalue weighted by molar-refractivity contribution is 0.126. The average Bonchev–Trinajstić information content (AvgIpc) is 1.61. The fourth-order valence-electron chi connectivity index (χ4n) is 0.304. The van der Waals surface area contributed by atoms with E-state index in [-0.39, 0.29) is 0 Å². The minimum absolute atomic E-state index is 0.678. The third-order valence-electron chi connectivity index (χ3n) is 0.813. The van der Waals surface area contributed by atoms with Crippen molar-refractivity contribution >= 4 is 0 Å². The van der Waals surface area contributed by atoms with Gasteiger partial charge in [-0.15, -0.1) is 0 Å². The molecule has 0 aliphatic rings. The van der Waals surface area contributed by atoms with E-state index >= 15 is 0 Å². The van der Waals surface area contributed by atoms with E-state index in [1.165, 1.54) is 0 Å². The molecule has 0 aromatic heterocycles. The Morgan fingerprint density at radius 3 is 2.29 bits per heavy atom. The van der Waals surface area contributed by atoms with Crippen LogP contribution in [0, 0.1) is 5.92 Å². The van der Waals surface area contributed by atoms with Crippen LogP contribution in [0.3, 0.4) is 0 Å². The van der Waals surface area contributed by atoms with Crippen LogP contribution in [-0.4, -0.2) is 6.61 Å². The molecule has 0 saturated heterocycles. The minimum atomic E-state index is 0.678. The van der Waals surface area contributed by atoms with Gasteiger partial charge in [0.15, 0.2) is 0 Å². The Morgan fingerprint density at radius 1 is 1.57 bits per heavy atom. The molecule has 0 atom stereocenters. The van der Waals surface area contributed by atoms with E-state index in [1.54, 1.807) is 0 Å². The predicted molar refractivity (Wildman–Crippen MR) is 29.6 cm³/mol. The SMILES string of the molecule is CC(C)CCON. The van der Waals surface area contributed by atoms with Crippen molar-refractivity contribution < 1.29 is 4.84 Å². The van der Waals surface area contributed by atoms with E-state index < -0.39 is 0 Å². The number of hydrogen-bond donors (Lipinski definition) is 1. The summed E-state index contributed by atoms with van der Waals surface area (Å²) < 4.78 is 0. The monoisotopic (exact) mass is 103 g/mol. The van der Waals surface area contributed by atoms with Gasteiger partial charge < -0.3 is 4.84 Å². The fraction of sp³-hybridized carbons (Fsp3) is 1.00. The van der Waals surface area contributed by atoms with Gasteiger partial charge in [0.25, 0.3) is 0 Å². The zero-order chi connectivity index (χ0) is 5.70. The zero-order valence-corrected chi connectivity index (χ0v) is 4.98. The van der Waals surface area contributed by atoms with E-state index in [0.717, 1.165) is 6.42 Å². The number of nitrogens with two attached hydrogens (primary N) is 1. The minimum Gasteiger partial charge on any atom is -0.305 e. The Morgan fingerprint density at radius 2 is 2.14 bits per heavy atom. The van der Waals surface area contributed by atoms with Crippen LogP contribution in [0.4, 0.5) is 0 Å². The van der Waals surface area contributed by atoms with Crippen LogP contribution in [0.1, 0.15) is 20.3 Å². The first-order valence-corrected chi connectivity index (χ1v) is 2.59. The summed E-state index contributed by atoms with van der Waals surface area (Å²) in [5.74, 6) is 5.47. The van der Waals surface area contributed by atoms with Gasteiger partial charge in [-0.2, -0.15) is 0 Å². The first-order chi connectivity index (χ1) is 3.27. The van der Waals surface area contributed by atoms with Gasteiger partial charge in [0.1, 0.15) is 0 Å². The maximum atomic E-state index is 4.78. The molecule has 0 radical (unpaired) electrons. The van der Waals surface area contributed by atoms with Crippen LogP contribution >= 0.6 is 0 Å². The van der Waals surface area contributed by atoms with Crippen molar-refractivity contribution in [2.24, 2.45) is 11.8 Å². The number of hydrogen-bond acceptors (Lipinski definition) is 2. The average molecular weight is 103 g/mol. The molecular weight excluding hydrogens is 90.1 g/mol. The smallest absolute Gasteiger partial charge is 0.0681 e. The summed E-state index contributed by atoms with van der Waals surface area (Å²) in [6, 6.07) is 0. The maximum absolute atomic E-state index is 4.78. The standard InChI is InChI=1S/C5H13NO/c1-5(2)3-4-7-6/h5H,3-4,6H2,1-2H3. The van der Waals surface area contributed by atoms with Crippen molar-refractivity contribution in [2.75, 3.05) is 6.61 Å². The van der Waals surface area contributed by atoms with Crippen molar-refractivity contribution in [3.05, 3.63) is 0 Å². The second kappa shape index (κ2) is 4.09.